The molecule has 0 bridgehead atoms. The van der Waals surface area contributed by atoms with Gasteiger partial charge in [0.1, 0.15) is 0 Å². The number of benzene rings is 1. The fourth-order valence-corrected chi connectivity index (χ4v) is 5.23. The highest BCUT2D eigenvalue weighted by molar-refractivity contribution is 8.16. The Morgan fingerprint density at radius 2 is 2.24 bits per heavy atom. The molecule has 1 aromatic carbocycles. The molecule has 0 aromatic heterocycles. The molecule has 34 heavy (non-hydrogen) atoms. The van der Waals surface area contributed by atoms with E-state index in [9.17, 15) is 19.7 Å². The Morgan fingerprint density at radius 3 is 2.91 bits per heavy atom. The van der Waals surface area contributed by atoms with Crippen LogP contribution in [-0.2, 0) is 19.1 Å². The average molecular weight is 487 g/mol. The van der Waals surface area contributed by atoms with Crippen LogP contribution in [0, 0.1) is 10.1 Å². The minimum atomic E-state index is -0.706. The van der Waals surface area contributed by atoms with Crippen molar-refractivity contribution in [2.24, 2.45) is 4.99 Å². The normalized spacial score (nSPS) is 21.6. The SMILES string of the molecule is CCC1=C(C(=O)OC)C(c2cccc([N+](=O)[O-])c2)N2C(CC(=O)NCC3CCCO3)=CSC2=N1. The minimum Gasteiger partial charge on any atom is -0.466 e. The lowest BCUT2D eigenvalue weighted by Gasteiger charge is -2.36. The highest BCUT2D eigenvalue weighted by atomic mass is 32.2. The second kappa shape index (κ2) is 10.4. The number of nitrogens with one attached hydrogen (secondary N) is 1. The summed E-state index contributed by atoms with van der Waals surface area (Å²) in [6.45, 7) is 3.04. The molecule has 10 nitrogen and oxygen atoms in total. The largest absolute Gasteiger partial charge is 0.466 e. The van der Waals surface area contributed by atoms with Gasteiger partial charge in [-0.25, -0.2) is 9.79 Å². The summed E-state index contributed by atoms with van der Waals surface area (Å²) in [6, 6.07) is 5.46. The van der Waals surface area contributed by atoms with Crippen molar-refractivity contribution in [3.63, 3.8) is 0 Å². The molecular formula is C23H26N4O6S. The van der Waals surface area contributed by atoms with E-state index in [1.54, 1.807) is 17.0 Å². The Kier molecular flexibility index (Phi) is 7.32. The van der Waals surface area contributed by atoms with E-state index in [0.29, 0.717) is 47.3 Å². The van der Waals surface area contributed by atoms with Crippen molar-refractivity contribution in [3.05, 3.63) is 62.3 Å². The number of rotatable bonds is 8. The van der Waals surface area contributed by atoms with Gasteiger partial charge in [0.25, 0.3) is 5.69 Å². The van der Waals surface area contributed by atoms with Gasteiger partial charge in [-0.2, -0.15) is 0 Å². The number of carbonyl (C=O) groups is 2. The lowest BCUT2D eigenvalue weighted by atomic mass is 9.92. The zero-order valence-electron chi connectivity index (χ0n) is 19.0. The maximum absolute atomic E-state index is 12.9. The lowest BCUT2D eigenvalue weighted by Crippen LogP contribution is -2.39. The number of nitro benzene ring substituents is 1. The molecule has 0 saturated carbocycles. The summed E-state index contributed by atoms with van der Waals surface area (Å²) in [7, 11) is 1.29. The van der Waals surface area contributed by atoms with E-state index in [2.05, 4.69) is 10.3 Å². The van der Waals surface area contributed by atoms with Gasteiger partial charge < -0.3 is 19.7 Å². The fourth-order valence-electron chi connectivity index (χ4n) is 4.30. The number of nitrogens with zero attached hydrogens (tertiary/aromatic N) is 3. The molecule has 3 aliphatic rings. The van der Waals surface area contributed by atoms with Crippen molar-refractivity contribution in [3.8, 4) is 0 Å². The molecule has 1 amide bonds. The molecule has 180 valence electrons. The first-order valence-electron chi connectivity index (χ1n) is 11.1. The van der Waals surface area contributed by atoms with E-state index >= 15 is 0 Å². The summed E-state index contributed by atoms with van der Waals surface area (Å²) in [5.41, 5.74) is 1.97. The molecule has 0 aliphatic carbocycles. The number of methoxy groups -OCH3 is 1. The minimum absolute atomic E-state index is 0.0292. The molecule has 11 heteroatoms. The quantitative estimate of drug-likeness (QED) is 0.337. The van der Waals surface area contributed by atoms with Gasteiger partial charge >= 0.3 is 5.97 Å². The molecule has 2 unspecified atom stereocenters. The Hall–Kier alpha value is -3.18. The van der Waals surface area contributed by atoms with Crippen molar-refractivity contribution in [2.45, 2.75) is 44.8 Å². The predicted octanol–water partition coefficient (Wildman–Crippen LogP) is 3.42. The molecule has 4 rings (SSSR count). The van der Waals surface area contributed by atoms with Crippen molar-refractivity contribution >= 4 is 34.5 Å². The van der Waals surface area contributed by atoms with Crippen LogP contribution in [-0.4, -0.2) is 53.2 Å². The van der Waals surface area contributed by atoms with Gasteiger partial charge in [-0.15, -0.1) is 0 Å². The third-order valence-corrected chi connectivity index (χ3v) is 6.81. The second-order valence-electron chi connectivity index (χ2n) is 8.07. The molecule has 1 N–H and O–H groups in total. The number of aliphatic imine (C=N–C) groups is 1. The zero-order valence-corrected chi connectivity index (χ0v) is 19.8. The molecule has 3 aliphatic heterocycles. The van der Waals surface area contributed by atoms with Gasteiger partial charge in [-0.3, -0.25) is 14.9 Å². The number of esters is 1. The molecular weight excluding hydrogens is 460 g/mol. The number of carbonyl (C=O) groups excluding carboxylic acids is 2. The summed E-state index contributed by atoms with van der Waals surface area (Å²) >= 11 is 1.36. The molecule has 0 spiro atoms. The van der Waals surface area contributed by atoms with E-state index in [4.69, 9.17) is 9.47 Å². The Bertz CT molecular complexity index is 1090. The van der Waals surface area contributed by atoms with Crippen LogP contribution in [0.5, 0.6) is 0 Å². The van der Waals surface area contributed by atoms with Crippen molar-refractivity contribution in [1.29, 1.82) is 0 Å². The van der Waals surface area contributed by atoms with E-state index < -0.39 is 16.9 Å². The first-order valence-corrected chi connectivity index (χ1v) is 12.0. The van der Waals surface area contributed by atoms with Gasteiger partial charge in [-0.05, 0) is 30.2 Å². The third kappa shape index (κ3) is 4.85. The van der Waals surface area contributed by atoms with Crippen LogP contribution in [0.2, 0.25) is 0 Å². The molecule has 0 radical (unpaired) electrons. The van der Waals surface area contributed by atoms with Crippen LogP contribution >= 0.6 is 11.8 Å². The highest BCUT2D eigenvalue weighted by Crippen LogP contribution is 2.45. The van der Waals surface area contributed by atoms with E-state index in [0.717, 1.165) is 12.8 Å². The van der Waals surface area contributed by atoms with Crippen molar-refractivity contribution in [1.82, 2.24) is 10.2 Å². The number of amidine groups is 1. The first kappa shape index (κ1) is 24.0. The smallest absolute Gasteiger partial charge is 0.338 e. The van der Waals surface area contributed by atoms with Crippen LogP contribution < -0.4 is 5.32 Å². The van der Waals surface area contributed by atoms with Gasteiger partial charge in [0, 0.05) is 31.0 Å². The number of nitro groups is 1. The van der Waals surface area contributed by atoms with Crippen LogP contribution in [0.15, 0.2) is 51.6 Å². The second-order valence-corrected chi connectivity index (χ2v) is 8.90. The van der Waals surface area contributed by atoms with Gasteiger partial charge in [0.05, 0.1) is 41.9 Å². The molecule has 1 aromatic rings. The topological polar surface area (TPSA) is 123 Å². The van der Waals surface area contributed by atoms with Crippen molar-refractivity contribution in [2.75, 3.05) is 20.3 Å². The lowest BCUT2D eigenvalue weighted by molar-refractivity contribution is -0.384. The van der Waals surface area contributed by atoms with Crippen LogP contribution in [0.25, 0.3) is 0 Å². The van der Waals surface area contributed by atoms with Crippen molar-refractivity contribution < 1.29 is 24.0 Å². The standard InChI is InChI=1S/C23H26N4O6S/c1-3-18-20(22(29)32-2)21(14-6-4-7-15(10-14)27(30)31)26-16(13-34-23(26)25-18)11-19(28)24-12-17-8-5-9-33-17/h4,6-7,10,13,17,21H,3,5,8-9,11-12H2,1-2H3,(H,24,28). The Labute approximate surface area is 201 Å². The number of allylic oxidation sites excluding steroid dienone is 1. The summed E-state index contributed by atoms with van der Waals surface area (Å²) in [4.78, 5) is 43.0. The fraction of sp³-hybridized carbons (Fsp3) is 0.435. The Balaban J connectivity index is 1.66. The van der Waals surface area contributed by atoms with Crippen LogP contribution in [0.4, 0.5) is 5.69 Å². The van der Waals surface area contributed by atoms with E-state index in [1.165, 1.54) is 31.0 Å². The highest BCUT2D eigenvalue weighted by Gasteiger charge is 2.41. The van der Waals surface area contributed by atoms with Gasteiger partial charge in [-0.1, -0.05) is 30.8 Å². The van der Waals surface area contributed by atoms with Crippen LogP contribution in [0.3, 0.4) is 0 Å². The number of thioether (sulfide) groups is 1. The average Bonchev–Trinajstić information content (AvgIpc) is 3.51. The number of non-ortho nitro benzene ring substituents is 1. The number of fused-ring (bicyclic) bond motifs is 1. The van der Waals surface area contributed by atoms with Gasteiger partial charge in [0.15, 0.2) is 5.17 Å². The summed E-state index contributed by atoms with van der Waals surface area (Å²) < 4.78 is 10.6. The summed E-state index contributed by atoms with van der Waals surface area (Å²) in [5.74, 6) is -0.735. The van der Waals surface area contributed by atoms with Gasteiger partial charge in [0.2, 0.25) is 5.91 Å². The van der Waals surface area contributed by atoms with E-state index in [1.807, 2.05) is 12.3 Å². The van der Waals surface area contributed by atoms with E-state index in [-0.39, 0.29) is 24.1 Å². The zero-order chi connectivity index (χ0) is 24.2. The number of hydrogen-bond acceptors (Lipinski definition) is 9. The number of ether oxygens (including phenoxy) is 2. The van der Waals surface area contributed by atoms with Crippen LogP contribution in [0.1, 0.15) is 44.2 Å². The third-order valence-electron chi connectivity index (χ3n) is 5.92. The maximum atomic E-state index is 12.9. The number of amides is 1. The maximum Gasteiger partial charge on any atom is 0.338 e. The summed E-state index contributed by atoms with van der Waals surface area (Å²) in [6.07, 6.45) is 2.49. The molecule has 3 heterocycles. The molecule has 1 fully saturated rings. The number of hydrogen-bond donors (Lipinski definition) is 1. The first-order chi connectivity index (χ1) is 16.4. The monoisotopic (exact) mass is 486 g/mol. The molecule has 2 atom stereocenters. The summed E-state index contributed by atoms with van der Waals surface area (Å²) in [5, 5.41) is 16.8. The predicted molar refractivity (Wildman–Crippen MR) is 127 cm³/mol. The Morgan fingerprint density at radius 1 is 1.41 bits per heavy atom. The molecule has 1 saturated heterocycles.